The maximum atomic E-state index is 12.5. The molecule has 0 saturated heterocycles. The lowest BCUT2D eigenvalue weighted by Crippen LogP contribution is -2.37. The van der Waals surface area contributed by atoms with Crippen molar-refractivity contribution in [3.8, 4) is 0 Å². The minimum Gasteiger partial charge on any atom is -0.497 e. The number of ether oxygens (including phenoxy) is 2. The predicted octanol–water partition coefficient (Wildman–Crippen LogP) is 12.7. The van der Waals surface area contributed by atoms with E-state index in [0.29, 0.717) is 11.0 Å². The third kappa shape index (κ3) is 41.3. The summed E-state index contributed by atoms with van der Waals surface area (Å²) in [7, 11) is 1.56. The van der Waals surface area contributed by atoms with Crippen LogP contribution in [-0.4, -0.2) is 69.0 Å². The first-order valence-corrected chi connectivity index (χ1v) is 23.0. The van der Waals surface area contributed by atoms with Crippen molar-refractivity contribution in [3.05, 3.63) is 48.8 Å². The smallest absolute Gasteiger partial charge is 0.472 e. The average Bonchev–Trinajstić information content (AvgIpc) is 3.11. The molecule has 1 unspecified atom stereocenters. The normalized spacial score (nSPS) is 14.2. The van der Waals surface area contributed by atoms with Gasteiger partial charge in [-0.1, -0.05) is 179 Å². The number of nitrogens with zero attached hydrogens (tertiary/aromatic N) is 1. The first-order valence-electron chi connectivity index (χ1n) is 21.5. The van der Waals surface area contributed by atoms with Crippen LogP contribution in [0.25, 0.3) is 0 Å². The molecule has 0 aliphatic carbocycles. The second-order valence-electron chi connectivity index (χ2n) is 15.5. The van der Waals surface area contributed by atoms with Crippen LogP contribution in [0.2, 0.25) is 0 Å². The molecule has 0 bridgehead atoms. The maximum Gasteiger partial charge on any atom is 0.472 e. The number of phosphoric ester groups is 1. The van der Waals surface area contributed by atoms with E-state index in [9.17, 15) is 14.3 Å². The zero-order chi connectivity index (χ0) is 39.1. The van der Waals surface area contributed by atoms with Gasteiger partial charge in [-0.2, -0.15) is 0 Å². The van der Waals surface area contributed by atoms with Gasteiger partial charge in [0.15, 0.2) is 6.10 Å². The number of esters is 1. The van der Waals surface area contributed by atoms with Crippen LogP contribution in [0.3, 0.4) is 0 Å². The van der Waals surface area contributed by atoms with E-state index in [4.69, 9.17) is 18.5 Å². The molecule has 0 amide bonds. The Bertz CT molecular complexity index is 989. The summed E-state index contributed by atoms with van der Waals surface area (Å²) in [6.07, 6.45) is 46.0. The molecule has 0 aromatic heterocycles. The highest BCUT2D eigenvalue weighted by atomic mass is 31.2. The van der Waals surface area contributed by atoms with Crippen molar-refractivity contribution in [2.75, 3.05) is 47.5 Å². The molecular weight excluding hydrogens is 685 g/mol. The maximum absolute atomic E-state index is 12.5. The third-order valence-corrected chi connectivity index (χ3v) is 10.1. The van der Waals surface area contributed by atoms with Gasteiger partial charge < -0.3 is 18.9 Å². The van der Waals surface area contributed by atoms with Crippen molar-refractivity contribution in [2.45, 2.75) is 180 Å². The molecule has 310 valence electrons. The number of quaternary nitrogens is 1. The summed E-state index contributed by atoms with van der Waals surface area (Å²) in [5, 5.41) is 0. The Morgan fingerprint density at radius 1 is 0.604 bits per heavy atom. The van der Waals surface area contributed by atoms with Gasteiger partial charge in [-0.3, -0.25) is 9.05 Å². The Labute approximate surface area is 327 Å². The summed E-state index contributed by atoms with van der Waals surface area (Å²) in [5.41, 5.74) is 0. The summed E-state index contributed by atoms with van der Waals surface area (Å²) >= 11 is 0. The van der Waals surface area contributed by atoms with Gasteiger partial charge in [-0.25, -0.2) is 9.36 Å². The zero-order valence-corrected chi connectivity index (χ0v) is 35.9. The molecule has 0 radical (unpaired) electrons. The second-order valence-corrected chi connectivity index (χ2v) is 17.0. The summed E-state index contributed by atoms with van der Waals surface area (Å²) in [4.78, 5) is 22.7. The lowest BCUT2D eigenvalue weighted by atomic mass is 10.0. The Kier molecular flexibility index (Phi) is 36.0. The number of carbonyl (C=O) groups is 1. The first kappa shape index (κ1) is 51.3. The molecule has 0 saturated carbocycles. The Morgan fingerprint density at radius 3 is 1.49 bits per heavy atom. The van der Waals surface area contributed by atoms with E-state index in [1.165, 1.54) is 154 Å². The first-order chi connectivity index (χ1) is 25.6. The van der Waals surface area contributed by atoms with E-state index in [1.54, 1.807) is 12.2 Å². The second kappa shape index (κ2) is 37.2. The zero-order valence-electron chi connectivity index (χ0n) is 35.0. The summed E-state index contributed by atoms with van der Waals surface area (Å²) in [6.45, 7) is 4.74. The van der Waals surface area contributed by atoms with E-state index in [1.807, 2.05) is 33.3 Å². The number of rotatable bonds is 39. The van der Waals surface area contributed by atoms with E-state index in [2.05, 4.69) is 26.0 Å². The van der Waals surface area contributed by atoms with Crippen LogP contribution < -0.4 is 0 Å². The van der Waals surface area contributed by atoms with E-state index < -0.39 is 19.9 Å². The van der Waals surface area contributed by atoms with E-state index >= 15 is 0 Å². The molecule has 0 aromatic rings. The van der Waals surface area contributed by atoms with Crippen LogP contribution >= 0.6 is 7.82 Å². The SMILES string of the molecule is CCCCCCCCCCCCCC=CC=CC(=O)O[C@H](COC=CC=CCCCCCCCCCCCCCC)COP(=O)(O)OCC[N+](C)(C)C. The molecule has 8 nitrogen and oxygen atoms in total. The molecule has 9 heteroatoms. The van der Waals surface area contributed by atoms with Gasteiger partial charge in [0.05, 0.1) is 34.0 Å². The molecule has 2 atom stereocenters. The fourth-order valence-electron chi connectivity index (χ4n) is 5.74. The number of hydrogen-bond donors (Lipinski definition) is 1. The molecule has 0 aromatic carbocycles. The standard InChI is InChI=1S/C44H82NO7P/c1-6-8-10-12-14-16-18-20-22-24-26-28-30-32-34-36-39-49-41-43(42-51-53(47,48)50-40-38-45(3,4)5)52-44(46)37-35-33-31-29-27-25-23-21-19-17-15-13-11-9-7-2/h31-37,39,43H,6-30,38,40-42H2,1-5H3/p+1/t43-/m1/s1. The number of likely N-dealkylation sites (N-methyl/N-ethyl adjacent to an activating group) is 1. The largest absolute Gasteiger partial charge is 0.497 e. The van der Waals surface area contributed by atoms with Crippen LogP contribution in [0.1, 0.15) is 174 Å². The van der Waals surface area contributed by atoms with E-state index in [-0.39, 0.29) is 19.8 Å². The number of hydrogen-bond acceptors (Lipinski definition) is 6. The molecular formula is C44H83NO7P+. The molecule has 0 rings (SSSR count). The molecule has 53 heavy (non-hydrogen) atoms. The average molecular weight is 769 g/mol. The highest BCUT2D eigenvalue weighted by Gasteiger charge is 2.26. The monoisotopic (exact) mass is 769 g/mol. The van der Waals surface area contributed by atoms with Crippen molar-refractivity contribution in [1.82, 2.24) is 0 Å². The highest BCUT2D eigenvalue weighted by molar-refractivity contribution is 7.47. The highest BCUT2D eigenvalue weighted by Crippen LogP contribution is 2.43. The van der Waals surface area contributed by atoms with Crippen LogP contribution in [-0.2, 0) is 27.9 Å². The number of carbonyl (C=O) groups excluding carboxylic acids is 1. The van der Waals surface area contributed by atoms with Gasteiger partial charge in [-0.15, -0.1) is 0 Å². The van der Waals surface area contributed by atoms with Crippen molar-refractivity contribution in [2.24, 2.45) is 0 Å². The Hall–Kier alpha value is -1.70. The van der Waals surface area contributed by atoms with Crippen LogP contribution in [0.15, 0.2) is 48.8 Å². The summed E-state index contributed by atoms with van der Waals surface area (Å²) in [6, 6.07) is 0. The molecule has 0 aliphatic rings. The van der Waals surface area contributed by atoms with Crippen molar-refractivity contribution in [3.63, 3.8) is 0 Å². The number of unbranched alkanes of at least 4 members (excludes halogenated alkanes) is 23. The van der Waals surface area contributed by atoms with Crippen LogP contribution in [0, 0.1) is 0 Å². The number of phosphoric acid groups is 1. The van der Waals surface area contributed by atoms with Crippen molar-refractivity contribution < 1.29 is 37.3 Å². The third-order valence-electron chi connectivity index (χ3n) is 9.11. The van der Waals surface area contributed by atoms with Crippen molar-refractivity contribution >= 4 is 13.8 Å². The van der Waals surface area contributed by atoms with Gasteiger partial charge in [0.25, 0.3) is 0 Å². The van der Waals surface area contributed by atoms with Gasteiger partial charge >= 0.3 is 13.8 Å². The van der Waals surface area contributed by atoms with Crippen molar-refractivity contribution in [1.29, 1.82) is 0 Å². The predicted molar refractivity (Wildman–Crippen MR) is 224 cm³/mol. The molecule has 0 heterocycles. The minimum atomic E-state index is -4.32. The molecule has 1 N–H and O–H groups in total. The van der Waals surface area contributed by atoms with Crippen LogP contribution in [0.5, 0.6) is 0 Å². The molecule has 0 spiro atoms. The van der Waals surface area contributed by atoms with Gasteiger partial charge in [0.1, 0.15) is 19.8 Å². The van der Waals surface area contributed by atoms with E-state index in [0.717, 1.165) is 19.3 Å². The Morgan fingerprint density at radius 2 is 1.04 bits per heavy atom. The fraction of sp³-hybridized carbons (Fsp3) is 0.795. The van der Waals surface area contributed by atoms with Gasteiger partial charge in [-0.05, 0) is 31.8 Å². The summed E-state index contributed by atoms with van der Waals surface area (Å²) in [5.74, 6) is -0.577. The summed E-state index contributed by atoms with van der Waals surface area (Å²) < 4.78 is 34.4. The van der Waals surface area contributed by atoms with Crippen LogP contribution in [0.4, 0.5) is 0 Å². The minimum absolute atomic E-state index is 0.0315. The molecule has 0 fully saturated rings. The lowest BCUT2D eigenvalue weighted by molar-refractivity contribution is -0.870. The van der Waals surface area contributed by atoms with Gasteiger partial charge in [0, 0.05) is 6.08 Å². The number of allylic oxidation sites excluding steroid dienone is 6. The quantitative estimate of drug-likeness (QED) is 0.0127. The lowest BCUT2D eigenvalue weighted by Gasteiger charge is -2.24. The topological polar surface area (TPSA) is 91.3 Å². The van der Waals surface area contributed by atoms with Gasteiger partial charge in [0.2, 0.25) is 0 Å². The fourth-order valence-corrected chi connectivity index (χ4v) is 6.48. The Balaban J connectivity index is 4.46. The molecule has 0 aliphatic heterocycles.